The molecule has 0 radical (unpaired) electrons. The van der Waals surface area contributed by atoms with Crippen LogP contribution in [0.5, 0.6) is 0 Å². The number of nitrogens with zero attached hydrogens (tertiary/aromatic N) is 1. The molecule has 2 unspecified atom stereocenters. The Bertz CT molecular complexity index is 249. The SMILES string of the molecule is CCC1CCCC(CN)(N(C)CC2CCC2)CC1. The molecular weight excluding hydrogens is 220 g/mol. The standard InChI is InChI=1S/C16H32N2/c1-3-14-8-5-10-16(13-17,11-9-14)18(2)12-15-6-4-7-15/h14-15H,3-13,17H2,1-2H3. The van der Waals surface area contributed by atoms with Crippen LogP contribution in [0.2, 0.25) is 0 Å². The van der Waals surface area contributed by atoms with Gasteiger partial charge in [0.05, 0.1) is 0 Å². The van der Waals surface area contributed by atoms with E-state index in [4.69, 9.17) is 5.73 Å². The Hall–Kier alpha value is -0.0800. The van der Waals surface area contributed by atoms with Gasteiger partial charge in [0.2, 0.25) is 0 Å². The number of hydrogen-bond donors (Lipinski definition) is 1. The van der Waals surface area contributed by atoms with E-state index in [2.05, 4.69) is 18.9 Å². The number of rotatable bonds is 5. The second kappa shape index (κ2) is 6.38. The third-order valence-corrected chi connectivity index (χ3v) is 5.80. The van der Waals surface area contributed by atoms with E-state index in [0.717, 1.165) is 18.4 Å². The smallest absolute Gasteiger partial charge is 0.0328 e. The first kappa shape index (κ1) is 14.3. The number of likely N-dealkylation sites (N-methyl/N-ethyl adjacent to an activating group) is 1. The minimum absolute atomic E-state index is 0.319. The third-order valence-electron chi connectivity index (χ3n) is 5.80. The predicted molar refractivity (Wildman–Crippen MR) is 78.6 cm³/mol. The molecule has 0 spiro atoms. The molecule has 2 aliphatic carbocycles. The first-order valence-corrected chi connectivity index (χ1v) is 8.11. The van der Waals surface area contributed by atoms with E-state index >= 15 is 0 Å². The summed E-state index contributed by atoms with van der Waals surface area (Å²) in [6.07, 6.45) is 12.5. The lowest BCUT2D eigenvalue weighted by molar-refractivity contribution is 0.0707. The van der Waals surface area contributed by atoms with Crippen molar-refractivity contribution in [2.45, 2.75) is 70.3 Å². The number of nitrogens with two attached hydrogens (primary N) is 1. The Morgan fingerprint density at radius 2 is 1.78 bits per heavy atom. The van der Waals surface area contributed by atoms with Gasteiger partial charge >= 0.3 is 0 Å². The van der Waals surface area contributed by atoms with Gasteiger partial charge in [-0.3, -0.25) is 4.90 Å². The molecule has 2 fully saturated rings. The van der Waals surface area contributed by atoms with Crippen molar-refractivity contribution >= 4 is 0 Å². The Balaban J connectivity index is 1.94. The molecule has 0 heterocycles. The molecule has 18 heavy (non-hydrogen) atoms. The van der Waals surface area contributed by atoms with Gasteiger partial charge < -0.3 is 5.73 Å². The molecule has 106 valence electrons. The van der Waals surface area contributed by atoms with Crippen LogP contribution in [0.3, 0.4) is 0 Å². The molecule has 2 heteroatoms. The normalized spacial score (nSPS) is 34.3. The van der Waals surface area contributed by atoms with Crippen LogP contribution in [0.15, 0.2) is 0 Å². The summed E-state index contributed by atoms with van der Waals surface area (Å²) in [5.41, 5.74) is 6.51. The molecule has 0 aromatic carbocycles. The van der Waals surface area contributed by atoms with Crippen LogP contribution < -0.4 is 5.73 Å². The van der Waals surface area contributed by atoms with Crippen molar-refractivity contribution in [3.8, 4) is 0 Å². The van der Waals surface area contributed by atoms with Gasteiger partial charge in [-0.1, -0.05) is 32.6 Å². The van der Waals surface area contributed by atoms with Gasteiger partial charge in [0, 0.05) is 18.6 Å². The lowest BCUT2D eigenvalue weighted by Gasteiger charge is -2.44. The summed E-state index contributed by atoms with van der Waals surface area (Å²) in [6, 6.07) is 0. The fraction of sp³-hybridized carbons (Fsp3) is 1.00. The van der Waals surface area contributed by atoms with Gasteiger partial charge in [-0.25, -0.2) is 0 Å². The Kier molecular flexibility index (Phi) is 5.08. The minimum Gasteiger partial charge on any atom is -0.329 e. The summed E-state index contributed by atoms with van der Waals surface area (Å²) in [5, 5.41) is 0. The third kappa shape index (κ3) is 3.08. The van der Waals surface area contributed by atoms with Crippen LogP contribution in [0, 0.1) is 11.8 Å². The monoisotopic (exact) mass is 252 g/mol. The largest absolute Gasteiger partial charge is 0.329 e. The lowest BCUT2D eigenvalue weighted by Crippen LogP contribution is -2.53. The summed E-state index contributed by atoms with van der Waals surface area (Å²) in [7, 11) is 2.33. The average molecular weight is 252 g/mol. The molecular formula is C16H32N2. The molecule has 2 rings (SSSR count). The summed E-state index contributed by atoms with van der Waals surface area (Å²) >= 11 is 0. The van der Waals surface area contributed by atoms with Crippen LogP contribution in [-0.4, -0.2) is 30.6 Å². The molecule has 2 nitrogen and oxygen atoms in total. The quantitative estimate of drug-likeness (QED) is 0.760. The highest BCUT2D eigenvalue weighted by atomic mass is 15.2. The van der Waals surface area contributed by atoms with E-state index in [-0.39, 0.29) is 0 Å². The zero-order chi connectivity index (χ0) is 13.0. The van der Waals surface area contributed by atoms with Crippen LogP contribution >= 0.6 is 0 Å². The topological polar surface area (TPSA) is 29.3 Å². The molecule has 0 aliphatic heterocycles. The van der Waals surface area contributed by atoms with Crippen LogP contribution in [0.4, 0.5) is 0 Å². The molecule has 0 bridgehead atoms. The van der Waals surface area contributed by atoms with E-state index in [9.17, 15) is 0 Å². The Morgan fingerprint density at radius 1 is 1.06 bits per heavy atom. The highest BCUT2D eigenvalue weighted by molar-refractivity contribution is 4.94. The zero-order valence-electron chi connectivity index (χ0n) is 12.5. The first-order chi connectivity index (χ1) is 8.70. The van der Waals surface area contributed by atoms with E-state index in [0.29, 0.717) is 5.54 Å². The minimum atomic E-state index is 0.319. The van der Waals surface area contributed by atoms with Gasteiger partial charge in [0.25, 0.3) is 0 Å². The molecule has 0 aromatic rings. The maximum absolute atomic E-state index is 6.19. The predicted octanol–water partition coefficient (Wildman–Crippen LogP) is 3.41. The summed E-state index contributed by atoms with van der Waals surface area (Å²) in [4.78, 5) is 2.63. The number of hydrogen-bond acceptors (Lipinski definition) is 2. The molecule has 2 saturated carbocycles. The fourth-order valence-electron chi connectivity index (χ4n) is 3.87. The van der Waals surface area contributed by atoms with Crippen molar-refractivity contribution in [2.75, 3.05) is 20.1 Å². The highest BCUT2D eigenvalue weighted by Crippen LogP contribution is 2.37. The average Bonchev–Trinajstić information content (AvgIpc) is 2.56. The van der Waals surface area contributed by atoms with Gasteiger partial charge in [-0.05, 0) is 51.0 Å². The van der Waals surface area contributed by atoms with E-state index in [1.807, 2.05) is 0 Å². The van der Waals surface area contributed by atoms with Gasteiger partial charge in [-0.15, -0.1) is 0 Å². The van der Waals surface area contributed by atoms with Crippen molar-refractivity contribution in [3.05, 3.63) is 0 Å². The second-order valence-corrected chi connectivity index (χ2v) is 6.81. The van der Waals surface area contributed by atoms with Gasteiger partial charge in [0.1, 0.15) is 0 Å². The van der Waals surface area contributed by atoms with Crippen LogP contribution in [-0.2, 0) is 0 Å². The Labute approximate surface area is 113 Å². The molecule has 0 aromatic heterocycles. The summed E-state index contributed by atoms with van der Waals surface area (Å²) < 4.78 is 0. The van der Waals surface area contributed by atoms with Crippen LogP contribution in [0.1, 0.15) is 64.7 Å². The Morgan fingerprint density at radius 3 is 2.33 bits per heavy atom. The molecule has 2 N–H and O–H groups in total. The second-order valence-electron chi connectivity index (χ2n) is 6.81. The molecule has 0 amide bonds. The maximum Gasteiger partial charge on any atom is 0.0328 e. The van der Waals surface area contributed by atoms with Crippen molar-refractivity contribution in [3.63, 3.8) is 0 Å². The van der Waals surface area contributed by atoms with E-state index < -0.39 is 0 Å². The van der Waals surface area contributed by atoms with Crippen molar-refractivity contribution < 1.29 is 0 Å². The zero-order valence-corrected chi connectivity index (χ0v) is 12.5. The molecule has 2 atom stereocenters. The first-order valence-electron chi connectivity index (χ1n) is 8.11. The molecule has 2 aliphatic rings. The van der Waals surface area contributed by atoms with Gasteiger partial charge in [-0.2, -0.15) is 0 Å². The van der Waals surface area contributed by atoms with Crippen molar-refractivity contribution in [1.29, 1.82) is 0 Å². The van der Waals surface area contributed by atoms with Gasteiger partial charge in [0.15, 0.2) is 0 Å². The molecule has 0 saturated heterocycles. The highest BCUT2D eigenvalue weighted by Gasteiger charge is 2.36. The fourth-order valence-corrected chi connectivity index (χ4v) is 3.87. The lowest BCUT2D eigenvalue weighted by atomic mass is 9.82. The maximum atomic E-state index is 6.19. The van der Waals surface area contributed by atoms with Crippen molar-refractivity contribution in [2.24, 2.45) is 17.6 Å². The van der Waals surface area contributed by atoms with E-state index in [1.54, 1.807) is 0 Å². The summed E-state index contributed by atoms with van der Waals surface area (Å²) in [6.45, 7) is 4.48. The van der Waals surface area contributed by atoms with E-state index in [1.165, 1.54) is 64.3 Å². The van der Waals surface area contributed by atoms with Crippen LogP contribution in [0.25, 0.3) is 0 Å². The van der Waals surface area contributed by atoms with Crippen molar-refractivity contribution in [1.82, 2.24) is 4.90 Å². The summed E-state index contributed by atoms with van der Waals surface area (Å²) in [5.74, 6) is 1.92.